The molecule has 0 unspecified atom stereocenters. The van der Waals surface area contributed by atoms with Gasteiger partial charge in [-0.05, 0) is 24.6 Å². The van der Waals surface area contributed by atoms with Crippen LogP contribution in [0.3, 0.4) is 0 Å². The molecule has 0 saturated heterocycles. The molecule has 1 aromatic rings. The topological polar surface area (TPSA) is 43.4 Å². The zero-order chi connectivity index (χ0) is 13.0. The van der Waals surface area contributed by atoms with Crippen LogP contribution in [0, 0.1) is 0 Å². The summed E-state index contributed by atoms with van der Waals surface area (Å²) in [6.07, 6.45) is 6.01. The zero-order valence-corrected chi connectivity index (χ0v) is 10.1. The molecule has 1 aliphatic rings. The van der Waals surface area contributed by atoms with Crippen LogP contribution in [0.2, 0.25) is 0 Å². The molecule has 0 aliphatic heterocycles. The number of hydrogen-bond donors (Lipinski definition) is 0. The Morgan fingerprint density at radius 1 is 1.17 bits per heavy atom. The smallest absolute Gasteiger partial charge is 0.324 e. The largest absolute Gasteiger partial charge is 0.465 e. The maximum atomic E-state index is 12.2. The van der Waals surface area contributed by atoms with E-state index < -0.39 is 5.41 Å². The van der Waals surface area contributed by atoms with Crippen LogP contribution in [-0.2, 0) is 19.7 Å². The Labute approximate surface area is 106 Å². The SMILES string of the molecule is CCOC(=O)C1(c2ccccc2)C=CC(=O)C=C1. The monoisotopic (exact) mass is 242 g/mol. The van der Waals surface area contributed by atoms with Gasteiger partial charge in [-0.3, -0.25) is 9.59 Å². The molecule has 0 atom stereocenters. The first-order valence-corrected chi connectivity index (χ1v) is 5.84. The summed E-state index contributed by atoms with van der Waals surface area (Å²) in [4.78, 5) is 23.4. The van der Waals surface area contributed by atoms with E-state index in [1.807, 2.05) is 30.3 Å². The lowest BCUT2D eigenvalue weighted by atomic mass is 9.77. The Morgan fingerprint density at radius 3 is 2.33 bits per heavy atom. The molecule has 92 valence electrons. The summed E-state index contributed by atoms with van der Waals surface area (Å²) in [6, 6.07) is 9.29. The standard InChI is InChI=1S/C15H14O3/c1-2-18-14(17)15(10-8-13(16)9-11-15)12-6-4-3-5-7-12/h3-11H,2H2,1H3. The number of allylic oxidation sites excluding steroid dienone is 2. The first-order valence-electron chi connectivity index (χ1n) is 5.84. The molecule has 3 nitrogen and oxygen atoms in total. The highest BCUT2D eigenvalue weighted by Gasteiger charge is 2.38. The number of rotatable bonds is 3. The molecule has 1 aliphatic carbocycles. The van der Waals surface area contributed by atoms with Gasteiger partial charge in [0, 0.05) is 0 Å². The fraction of sp³-hybridized carbons (Fsp3) is 0.200. The van der Waals surface area contributed by atoms with Crippen LogP contribution in [0.25, 0.3) is 0 Å². The molecule has 2 rings (SSSR count). The summed E-state index contributed by atoms with van der Waals surface area (Å²) in [5.74, 6) is -0.484. The molecular weight excluding hydrogens is 228 g/mol. The molecule has 18 heavy (non-hydrogen) atoms. The van der Waals surface area contributed by atoms with Gasteiger partial charge in [-0.2, -0.15) is 0 Å². The van der Waals surface area contributed by atoms with Crippen LogP contribution in [0.1, 0.15) is 12.5 Å². The summed E-state index contributed by atoms with van der Waals surface area (Å²) >= 11 is 0. The fourth-order valence-corrected chi connectivity index (χ4v) is 1.95. The van der Waals surface area contributed by atoms with Crippen LogP contribution in [0.15, 0.2) is 54.6 Å². The molecule has 0 radical (unpaired) electrons. The van der Waals surface area contributed by atoms with Crippen LogP contribution < -0.4 is 0 Å². The van der Waals surface area contributed by atoms with Crippen LogP contribution in [0.4, 0.5) is 0 Å². The van der Waals surface area contributed by atoms with E-state index in [0.717, 1.165) is 5.56 Å². The fourth-order valence-electron chi connectivity index (χ4n) is 1.95. The van der Waals surface area contributed by atoms with Gasteiger partial charge in [0.25, 0.3) is 0 Å². The summed E-state index contributed by atoms with van der Waals surface area (Å²) in [6.45, 7) is 2.07. The lowest BCUT2D eigenvalue weighted by Gasteiger charge is -2.27. The van der Waals surface area contributed by atoms with Crippen molar-refractivity contribution in [3.63, 3.8) is 0 Å². The Bertz CT molecular complexity index is 496. The van der Waals surface area contributed by atoms with Gasteiger partial charge in [-0.1, -0.05) is 42.5 Å². The van der Waals surface area contributed by atoms with Crippen molar-refractivity contribution in [1.29, 1.82) is 0 Å². The lowest BCUT2D eigenvalue weighted by molar-refractivity contribution is -0.146. The van der Waals surface area contributed by atoms with E-state index in [9.17, 15) is 9.59 Å². The maximum absolute atomic E-state index is 12.2. The highest BCUT2D eigenvalue weighted by atomic mass is 16.5. The van der Waals surface area contributed by atoms with Crippen molar-refractivity contribution < 1.29 is 14.3 Å². The highest BCUT2D eigenvalue weighted by Crippen LogP contribution is 2.31. The Balaban J connectivity index is 2.48. The van der Waals surface area contributed by atoms with E-state index >= 15 is 0 Å². The average Bonchev–Trinajstić information content (AvgIpc) is 2.41. The molecular formula is C15H14O3. The van der Waals surface area contributed by atoms with Gasteiger partial charge in [0.05, 0.1) is 6.61 Å². The van der Waals surface area contributed by atoms with Gasteiger partial charge in [0.2, 0.25) is 0 Å². The second-order valence-corrected chi connectivity index (χ2v) is 4.02. The quantitative estimate of drug-likeness (QED) is 0.763. The summed E-state index contributed by atoms with van der Waals surface area (Å²) in [5, 5.41) is 0. The zero-order valence-electron chi connectivity index (χ0n) is 10.1. The van der Waals surface area contributed by atoms with Crippen molar-refractivity contribution in [2.45, 2.75) is 12.3 Å². The number of benzene rings is 1. The molecule has 0 bridgehead atoms. The molecule has 0 N–H and O–H groups in total. The first-order chi connectivity index (χ1) is 8.69. The predicted molar refractivity (Wildman–Crippen MR) is 68.0 cm³/mol. The number of ether oxygens (including phenoxy) is 1. The third kappa shape index (κ3) is 2.12. The number of carbonyl (C=O) groups excluding carboxylic acids is 2. The summed E-state index contributed by atoms with van der Waals surface area (Å²) in [5.41, 5.74) is -0.186. The van der Waals surface area contributed by atoms with Gasteiger partial charge in [0.15, 0.2) is 5.78 Å². The lowest BCUT2D eigenvalue weighted by Crippen LogP contribution is -2.35. The van der Waals surface area contributed by atoms with Crippen molar-refractivity contribution in [2.75, 3.05) is 6.61 Å². The van der Waals surface area contributed by atoms with Gasteiger partial charge in [-0.15, -0.1) is 0 Å². The van der Waals surface area contributed by atoms with E-state index in [2.05, 4.69) is 0 Å². The second kappa shape index (κ2) is 5.00. The molecule has 0 aromatic heterocycles. The van der Waals surface area contributed by atoms with Crippen molar-refractivity contribution in [2.24, 2.45) is 0 Å². The number of ketones is 1. The minimum Gasteiger partial charge on any atom is -0.465 e. The van der Waals surface area contributed by atoms with Gasteiger partial charge in [0.1, 0.15) is 5.41 Å². The first kappa shape index (κ1) is 12.3. The Morgan fingerprint density at radius 2 is 1.78 bits per heavy atom. The molecule has 0 amide bonds. The third-order valence-corrected chi connectivity index (χ3v) is 2.89. The number of esters is 1. The van der Waals surface area contributed by atoms with Crippen molar-refractivity contribution in [3.05, 3.63) is 60.2 Å². The molecule has 0 heterocycles. The van der Waals surface area contributed by atoms with Crippen LogP contribution >= 0.6 is 0 Å². The average molecular weight is 242 g/mol. The molecule has 0 spiro atoms. The third-order valence-electron chi connectivity index (χ3n) is 2.89. The summed E-state index contributed by atoms with van der Waals surface area (Å²) < 4.78 is 5.12. The van der Waals surface area contributed by atoms with E-state index in [1.165, 1.54) is 12.2 Å². The van der Waals surface area contributed by atoms with Gasteiger partial charge in [-0.25, -0.2) is 0 Å². The Kier molecular flexibility index (Phi) is 3.42. The molecule has 3 heteroatoms. The van der Waals surface area contributed by atoms with Crippen molar-refractivity contribution in [1.82, 2.24) is 0 Å². The van der Waals surface area contributed by atoms with E-state index in [-0.39, 0.29) is 11.8 Å². The van der Waals surface area contributed by atoms with E-state index in [0.29, 0.717) is 6.61 Å². The van der Waals surface area contributed by atoms with Crippen molar-refractivity contribution in [3.8, 4) is 0 Å². The Hall–Kier alpha value is -2.16. The number of carbonyl (C=O) groups is 2. The summed E-state index contributed by atoms with van der Waals surface area (Å²) in [7, 11) is 0. The maximum Gasteiger partial charge on any atom is 0.324 e. The predicted octanol–water partition coefficient (Wildman–Crippen LogP) is 2.18. The normalized spacial score (nSPS) is 16.6. The minimum absolute atomic E-state index is 0.120. The second-order valence-electron chi connectivity index (χ2n) is 4.02. The van der Waals surface area contributed by atoms with Crippen LogP contribution in [-0.4, -0.2) is 18.4 Å². The van der Waals surface area contributed by atoms with E-state index in [4.69, 9.17) is 4.74 Å². The van der Waals surface area contributed by atoms with Gasteiger partial charge >= 0.3 is 5.97 Å². The molecule has 0 saturated carbocycles. The minimum atomic E-state index is -0.981. The van der Waals surface area contributed by atoms with Gasteiger partial charge < -0.3 is 4.74 Å². The van der Waals surface area contributed by atoms with Crippen molar-refractivity contribution >= 4 is 11.8 Å². The van der Waals surface area contributed by atoms with E-state index in [1.54, 1.807) is 19.1 Å². The number of hydrogen-bond acceptors (Lipinski definition) is 3. The van der Waals surface area contributed by atoms with Crippen LogP contribution in [0.5, 0.6) is 0 Å². The molecule has 0 fully saturated rings. The highest BCUT2D eigenvalue weighted by molar-refractivity contribution is 6.04. The molecule has 1 aromatic carbocycles.